The second-order valence-corrected chi connectivity index (χ2v) is 6.90. The molecule has 128 valence electrons. The Labute approximate surface area is 152 Å². The monoisotopic (exact) mass is 351 g/mol. The smallest absolute Gasteiger partial charge is 0.251 e. The van der Waals surface area contributed by atoms with E-state index in [1.165, 1.54) is 11.1 Å². The lowest BCUT2D eigenvalue weighted by atomic mass is 10.2. The second kappa shape index (κ2) is 8.53. The highest BCUT2D eigenvalue weighted by Gasteiger charge is 2.05. The minimum atomic E-state index is -0.0389. The van der Waals surface area contributed by atoms with Gasteiger partial charge >= 0.3 is 0 Å². The number of nitrogens with zero attached hydrogens (tertiary/aromatic N) is 2. The van der Waals surface area contributed by atoms with Crippen LogP contribution in [0.1, 0.15) is 21.5 Å². The molecule has 0 bridgehead atoms. The van der Waals surface area contributed by atoms with Crippen molar-refractivity contribution in [3.8, 4) is 5.69 Å². The van der Waals surface area contributed by atoms with Gasteiger partial charge in [-0.1, -0.05) is 29.8 Å². The number of hydrogen-bond donors (Lipinski definition) is 1. The molecule has 1 N–H and O–H groups in total. The number of thioether (sulfide) groups is 1. The van der Waals surface area contributed by atoms with Gasteiger partial charge in [0.05, 0.1) is 5.69 Å². The lowest BCUT2D eigenvalue weighted by Gasteiger charge is -2.07. The maximum Gasteiger partial charge on any atom is 0.251 e. The Morgan fingerprint density at radius 2 is 1.88 bits per heavy atom. The molecule has 0 aliphatic carbocycles. The second-order valence-electron chi connectivity index (χ2n) is 5.79. The van der Waals surface area contributed by atoms with Crippen LogP contribution in [-0.4, -0.2) is 28.0 Å². The van der Waals surface area contributed by atoms with Gasteiger partial charge in [0.15, 0.2) is 0 Å². The summed E-state index contributed by atoms with van der Waals surface area (Å²) in [6.07, 6.45) is 3.61. The van der Waals surface area contributed by atoms with Gasteiger partial charge in [-0.2, -0.15) is 16.9 Å². The van der Waals surface area contributed by atoms with Crippen molar-refractivity contribution >= 4 is 17.7 Å². The molecule has 1 heterocycles. The highest BCUT2D eigenvalue weighted by Crippen LogP contribution is 2.12. The molecule has 5 heteroatoms. The maximum atomic E-state index is 12.2. The van der Waals surface area contributed by atoms with Crippen LogP contribution in [0.2, 0.25) is 0 Å². The molecule has 3 aromatic rings. The zero-order chi connectivity index (χ0) is 17.5. The van der Waals surface area contributed by atoms with Crippen LogP contribution in [0.4, 0.5) is 0 Å². The van der Waals surface area contributed by atoms with Crippen molar-refractivity contribution in [3.63, 3.8) is 0 Å². The van der Waals surface area contributed by atoms with Crippen molar-refractivity contribution in [1.82, 2.24) is 15.1 Å². The number of amides is 1. The van der Waals surface area contributed by atoms with Crippen LogP contribution in [0.3, 0.4) is 0 Å². The summed E-state index contributed by atoms with van der Waals surface area (Å²) in [5.41, 5.74) is 4.20. The quantitative estimate of drug-likeness (QED) is 0.658. The summed E-state index contributed by atoms with van der Waals surface area (Å²) in [6, 6.07) is 17.9. The minimum absolute atomic E-state index is 0.0389. The predicted octanol–water partition coefficient (Wildman–Crippen LogP) is 3.84. The Balaban J connectivity index is 1.41. The summed E-state index contributed by atoms with van der Waals surface area (Å²) in [6.45, 7) is 2.75. The van der Waals surface area contributed by atoms with Crippen LogP contribution < -0.4 is 5.32 Å². The minimum Gasteiger partial charge on any atom is -0.351 e. The van der Waals surface area contributed by atoms with Gasteiger partial charge in [-0.05, 0) is 42.8 Å². The fourth-order valence-electron chi connectivity index (χ4n) is 2.40. The van der Waals surface area contributed by atoms with E-state index in [-0.39, 0.29) is 5.91 Å². The molecule has 0 atom stereocenters. The van der Waals surface area contributed by atoms with Crippen LogP contribution in [0.5, 0.6) is 0 Å². The van der Waals surface area contributed by atoms with Crippen molar-refractivity contribution < 1.29 is 4.79 Å². The Morgan fingerprint density at radius 3 is 2.56 bits per heavy atom. The Bertz CT molecular complexity index is 796. The lowest BCUT2D eigenvalue weighted by molar-refractivity contribution is 0.0956. The fraction of sp³-hybridized carbons (Fsp3) is 0.200. The summed E-state index contributed by atoms with van der Waals surface area (Å²) in [5, 5.41) is 7.14. The first-order chi connectivity index (χ1) is 12.2. The van der Waals surface area contributed by atoms with Gasteiger partial charge in [0, 0.05) is 36.0 Å². The molecule has 0 saturated carbocycles. The normalized spacial score (nSPS) is 10.6. The van der Waals surface area contributed by atoms with Crippen LogP contribution in [-0.2, 0) is 5.75 Å². The van der Waals surface area contributed by atoms with Crippen LogP contribution in [0.25, 0.3) is 5.69 Å². The Kier molecular flexibility index (Phi) is 5.90. The average Bonchev–Trinajstić information content (AvgIpc) is 3.18. The van der Waals surface area contributed by atoms with E-state index in [0.29, 0.717) is 12.1 Å². The van der Waals surface area contributed by atoms with Gasteiger partial charge in [0.1, 0.15) is 0 Å². The number of carbonyl (C=O) groups is 1. The first-order valence-electron chi connectivity index (χ1n) is 8.24. The zero-order valence-corrected chi connectivity index (χ0v) is 15.0. The maximum absolute atomic E-state index is 12.2. The van der Waals surface area contributed by atoms with Gasteiger partial charge in [-0.15, -0.1) is 0 Å². The first kappa shape index (κ1) is 17.3. The zero-order valence-electron chi connectivity index (χ0n) is 14.2. The fourth-order valence-corrected chi connectivity index (χ4v) is 3.22. The SMILES string of the molecule is Cc1ccc(CSCCNC(=O)c2ccc(-n3cccn3)cc2)cc1. The standard InChI is InChI=1S/C20H21N3OS/c1-16-3-5-17(6-4-16)15-25-14-12-21-20(24)18-7-9-19(10-8-18)23-13-2-11-22-23/h2-11,13H,12,14-15H2,1H3,(H,21,24). The summed E-state index contributed by atoms with van der Waals surface area (Å²) in [7, 11) is 0. The van der Waals surface area contributed by atoms with Crippen molar-refractivity contribution in [2.75, 3.05) is 12.3 Å². The number of rotatable bonds is 7. The molecule has 0 saturated heterocycles. The van der Waals surface area contributed by atoms with E-state index in [4.69, 9.17) is 0 Å². The molecule has 0 fully saturated rings. The molecule has 1 aromatic heterocycles. The number of nitrogens with one attached hydrogen (secondary N) is 1. The molecule has 4 nitrogen and oxygen atoms in total. The van der Waals surface area contributed by atoms with Gasteiger partial charge < -0.3 is 5.32 Å². The molecular weight excluding hydrogens is 330 g/mol. The van der Waals surface area contributed by atoms with E-state index in [1.807, 2.05) is 48.3 Å². The largest absolute Gasteiger partial charge is 0.351 e. The summed E-state index contributed by atoms with van der Waals surface area (Å²) in [5.74, 6) is 1.82. The third-order valence-corrected chi connectivity index (χ3v) is 4.85. The molecule has 25 heavy (non-hydrogen) atoms. The molecule has 2 aromatic carbocycles. The summed E-state index contributed by atoms with van der Waals surface area (Å²) in [4.78, 5) is 12.2. The van der Waals surface area contributed by atoms with E-state index in [9.17, 15) is 4.79 Å². The van der Waals surface area contributed by atoms with Gasteiger partial charge in [0.25, 0.3) is 5.91 Å². The van der Waals surface area contributed by atoms with Gasteiger partial charge in [0.2, 0.25) is 0 Å². The molecule has 0 spiro atoms. The molecule has 0 aliphatic rings. The highest BCUT2D eigenvalue weighted by molar-refractivity contribution is 7.98. The molecule has 3 rings (SSSR count). The molecule has 0 aliphatic heterocycles. The Hall–Kier alpha value is -2.53. The number of aryl methyl sites for hydroxylation is 1. The van der Waals surface area contributed by atoms with E-state index in [1.54, 1.807) is 10.9 Å². The molecular formula is C20H21N3OS. The number of carbonyl (C=O) groups excluding carboxylic acids is 1. The first-order valence-corrected chi connectivity index (χ1v) is 9.39. The van der Waals surface area contributed by atoms with Crippen molar-refractivity contribution in [1.29, 1.82) is 0 Å². The van der Waals surface area contributed by atoms with Crippen molar-refractivity contribution in [2.24, 2.45) is 0 Å². The predicted molar refractivity (Wildman–Crippen MR) is 103 cm³/mol. The van der Waals surface area contributed by atoms with Gasteiger partial charge in [-0.25, -0.2) is 4.68 Å². The highest BCUT2D eigenvalue weighted by atomic mass is 32.2. The number of benzene rings is 2. The molecule has 1 amide bonds. The number of hydrogen-bond acceptors (Lipinski definition) is 3. The summed E-state index contributed by atoms with van der Waals surface area (Å²) >= 11 is 1.82. The molecule has 0 unspecified atom stereocenters. The lowest BCUT2D eigenvalue weighted by Crippen LogP contribution is -2.25. The average molecular weight is 351 g/mol. The van der Waals surface area contributed by atoms with Gasteiger partial charge in [-0.3, -0.25) is 4.79 Å². The molecule has 0 radical (unpaired) electrons. The Morgan fingerprint density at radius 1 is 1.12 bits per heavy atom. The van der Waals surface area contributed by atoms with Crippen molar-refractivity contribution in [3.05, 3.63) is 83.7 Å². The number of aromatic nitrogens is 2. The third-order valence-electron chi connectivity index (χ3n) is 3.82. The summed E-state index contributed by atoms with van der Waals surface area (Å²) < 4.78 is 1.77. The van der Waals surface area contributed by atoms with E-state index < -0.39 is 0 Å². The van der Waals surface area contributed by atoms with Crippen molar-refractivity contribution in [2.45, 2.75) is 12.7 Å². The van der Waals surface area contributed by atoms with Crippen LogP contribution >= 0.6 is 11.8 Å². The van der Waals surface area contributed by atoms with Crippen LogP contribution in [0, 0.1) is 6.92 Å². The van der Waals surface area contributed by atoms with E-state index in [2.05, 4.69) is 41.6 Å². The third kappa shape index (κ3) is 4.97. The van der Waals surface area contributed by atoms with E-state index in [0.717, 1.165) is 17.2 Å². The topological polar surface area (TPSA) is 46.9 Å². The van der Waals surface area contributed by atoms with Crippen LogP contribution in [0.15, 0.2) is 67.0 Å². The van der Waals surface area contributed by atoms with E-state index >= 15 is 0 Å².